The van der Waals surface area contributed by atoms with Crippen molar-refractivity contribution >= 4 is 22.9 Å². The van der Waals surface area contributed by atoms with Gasteiger partial charge in [-0.05, 0) is 18.2 Å². The molecule has 5 rings (SSSR count). The van der Waals surface area contributed by atoms with Crippen LogP contribution >= 0.6 is 0 Å². The minimum Gasteiger partial charge on any atom is -0.495 e. The Morgan fingerprint density at radius 1 is 0.906 bits per heavy atom. The second-order valence-electron chi connectivity index (χ2n) is 7.20. The molecule has 0 bridgehead atoms. The molecule has 4 aromatic rings. The minimum atomic E-state index is -0.595. The van der Waals surface area contributed by atoms with Crippen molar-refractivity contribution in [1.82, 2.24) is 29.5 Å². The normalized spacial score (nSPS) is 14.0. The number of para-hydroxylation sites is 2. The number of fused-ring (bicyclic) bond motifs is 1. The molecule has 0 aliphatic carbocycles. The molecule has 1 aromatic carbocycles. The molecule has 3 aromatic heterocycles. The first-order valence-electron chi connectivity index (χ1n) is 10.1. The van der Waals surface area contributed by atoms with Gasteiger partial charge in [-0.25, -0.2) is 24.3 Å². The van der Waals surface area contributed by atoms with Crippen LogP contribution in [0, 0.1) is 0 Å². The Morgan fingerprint density at radius 2 is 1.59 bits per heavy atom. The second kappa shape index (κ2) is 8.10. The number of aromatic nitrogens is 6. The number of nitrogens with one attached hydrogen (secondary N) is 1. The van der Waals surface area contributed by atoms with Gasteiger partial charge < -0.3 is 14.5 Å². The summed E-state index contributed by atoms with van der Waals surface area (Å²) in [4.78, 5) is 50.1. The van der Waals surface area contributed by atoms with Crippen LogP contribution in [0.3, 0.4) is 0 Å². The Labute approximate surface area is 182 Å². The van der Waals surface area contributed by atoms with E-state index >= 15 is 0 Å². The quantitative estimate of drug-likeness (QED) is 0.494. The number of benzene rings is 1. The lowest BCUT2D eigenvalue weighted by Crippen LogP contribution is -2.47. The smallest absolute Gasteiger partial charge is 0.334 e. The number of piperazine rings is 1. The van der Waals surface area contributed by atoms with E-state index in [9.17, 15) is 9.59 Å². The highest BCUT2D eigenvalue weighted by molar-refractivity contribution is 5.74. The number of H-pyrrole nitrogens is 1. The van der Waals surface area contributed by atoms with Gasteiger partial charge in [0.1, 0.15) is 11.1 Å². The number of ether oxygens (including phenoxy) is 1. The fraction of sp³-hybridized carbons (Fsp3) is 0.238. The number of nitrogens with zero attached hydrogens (tertiary/aromatic N) is 7. The number of rotatable bonds is 4. The highest BCUT2D eigenvalue weighted by Crippen LogP contribution is 2.20. The summed E-state index contributed by atoms with van der Waals surface area (Å²) in [6.07, 6.45) is 4.89. The first kappa shape index (κ1) is 19.7. The van der Waals surface area contributed by atoms with E-state index in [0.717, 1.165) is 4.57 Å². The molecule has 4 heterocycles. The summed E-state index contributed by atoms with van der Waals surface area (Å²) >= 11 is 0. The van der Waals surface area contributed by atoms with E-state index < -0.39 is 11.2 Å². The summed E-state index contributed by atoms with van der Waals surface area (Å²) in [5, 5.41) is 0.218. The first-order valence-corrected chi connectivity index (χ1v) is 10.1. The fourth-order valence-corrected chi connectivity index (χ4v) is 3.74. The third-order valence-corrected chi connectivity index (χ3v) is 5.36. The van der Waals surface area contributed by atoms with Crippen molar-refractivity contribution < 1.29 is 4.74 Å². The molecule has 0 radical (unpaired) electrons. The molecule has 1 saturated heterocycles. The van der Waals surface area contributed by atoms with Crippen LogP contribution in [0.2, 0.25) is 0 Å². The van der Waals surface area contributed by atoms with Gasteiger partial charge in [0, 0.05) is 44.8 Å². The van der Waals surface area contributed by atoms with E-state index in [1.54, 1.807) is 42.7 Å². The molecule has 1 N–H and O–H groups in total. The van der Waals surface area contributed by atoms with Gasteiger partial charge in [-0.15, -0.1) is 0 Å². The zero-order chi connectivity index (χ0) is 22.1. The molecular formula is C21H20N8O3. The van der Waals surface area contributed by atoms with Gasteiger partial charge in [-0.2, -0.15) is 4.98 Å². The van der Waals surface area contributed by atoms with E-state index in [0.29, 0.717) is 49.5 Å². The van der Waals surface area contributed by atoms with Crippen LogP contribution in [-0.2, 0) is 0 Å². The van der Waals surface area contributed by atoms with E-state index in [1.807, 2.05) is 4.90 Å². The van der Waals surface area contributed by atoms with Crippen LogP contribution in [0.1, 0.15) is 0 Å². The van der Waals surface area contributed by atoms with E-state index in [2.05, 4.69) is 29.8 Å². The number of hydrogen-bond acceptors (Lipinski definition) is 9. The summed E-state index contributed by atoms with van der Waals surface area (Å²) in [5.41, 5.74) is -0.551. The van der Waals surface area contributed by atoms with Gasteiger partial charge in [0.05, 0.1) is 12.8 Å². The SMILES string of the molecule is COc1ccccc1-n1c(=O)[nH]c2nc(N3CCN(c4ncccn4)CC3)ncc2c1=O. The van der Waals surface area contributed by atoms with E-state index in [-0.39, 0.29) is 11.0 Å². The number of anilines is 2. The van der Waals surface area contributed by atoms with E-state index in [4.69, 9.17) is 4.74 Å². The molecule has 1 fully saturated rings. The van der Waals surface area contributed by atoms with Crippen molar-refractivity contribution in [1.29, 1.82) is 0 Å². The predicted octanol–water partition coefficient (Wildman–Crippen LogP) is 0.594. The van der Waals surface area contributed by atoms with Crippen LogP contribution in [0.5, 0.6) is 5.75 Å². The van der Waals surface area contributed by atoms with Crippen LogP contribution in [0.4, 0.5) is 11.9 Å². The zero-order valence-electron chi connectivity index (χ0n) is 17.3. The van der Waals surface area contributed by atoms with Gasteiger partial charge in [-0.1, -0.05) is 12.1 Å². The van der Waals surface area contributed by atoms with Crippen LogP contribution in [0.15, 0.2) is 58.5 Å². The first-order chi connectivity index (χ1) is 15.7. The molecule has 162 valence electrons. The number of aromatic amines is 1. The van der Waals surface area contributed by atoms with Gasteiger partial charge in [-0.3, -0.25) is 9.78 Å². The lowest BCUT2D eigenvalue weighted by atomic mass is 10.3. The monoisotopic (exact) mass is 432 g/mol. The van der Waals surface area contributed by atoms with Crippen molar-refractivity contribution in [2.24, 2.45) is 0 Å². The highest BCUT2D eigenvalue weighted by Gasteiger charge is 2.22. The average molecular weight is 432 g/mol. The summed E-state index contributed by atoms with van der Waals surface area (Å²) in [6, 6.07) is 8.61. The Kier molecular flexibility index (Phi) is 4.98. The van der Waals surface area contributed by atoms with Crippen molar-refractivity contribution in [3.8, 4) is 11.4 Å². The van der Waals surface area contributed by atoms with Gasteiger partial charge in [0.15, 0.2) is 5.65 Å². The number of methoxy groups -OCH3 is 1. The third-order valence-electron chi connectivity index (χ3n) is 5.36. The molecule has 32 heavy (non-hydrogen) atoms. The second-order valence-corrected chi connectivity index (χ2v) is 7.20. The topological polar surface area (TPSA) is 122 Å². The molecule has 11 nitrogen and oxygen atoms in total. The maximum absolute atomic E-state index is 13.1. The largest absolute Gasteiger partial charge is 0.495 e. The van der Waals surface area contributed by atoms with Crippen molar-refractivity contribution in [3.05, 3.63) is 69.8 Å². The fourth-order valence-electron chi connectivity index (χ4n) is 3.74. The summed E-state index contributed by atoms with van der Waals surface area (Å²) in [7, 11) is 1.48. The lowest BCUT2D eigenvalue weighted by molar-refractivity contribution is 0.412. The molecule has 0 spiro atoms. The predicted molar refractivity (Wildman–Crippen MR) is 119 cm³/mol. The Balaban J connectivity index is 1.46. The van der Waals surface area contributed by atoms with Crippen LogP contribution in [0.25, 0.3) is 16.7 Å². The summed E-state index contributed by atoms with van der Waals surface area (Å²) in [6.45, 7) is 2.73. The minimum absolute atomic E-state index is 0.199. The van der Waals surface area contributed by atoms with Gasteiger partial charge in [0.25, 0.3) is 5.56 Å². The average Bonchev–Trinajstić information content (AvgIpc) is 2.84. The zero-order valence-corrected chi connectivity index (χ0v) is 17.3. The molecular weight excluding hydrogens is 412 g/mol. The Morgan fingerprint density at radius 3 is 2.31 bits per heavy atom. The molecule has 0 amide bonds. The Hall–Kier alpha value is -4.28. The molecule has 11 heteroatoms. The molecule has 0 saturated carbocycles. The van der Waals surface area contributed by atoms with E-state index in [1.165, 1.54) is 13.3 Å². The van der Waals surface area contributed by atoms with Crippen molar-refractivity contribution in [3.63, 3.8) is 0 Å². The molecule has 1 aliphatic heterocycles. The van der Waals surface area contributed by atoms with Crippen molar-refractivity contribution in [2.45, 2.75) is 0 Å². The number of hydrogen-bond donors (Lipinski definition) is 1. The summed E-state index contributed by atoms with van der Waals surface area (Å²) < 4.78 is 6.33. The van der Waals surface area contributed by atoms with Gasteiger partial charge >= 0.3 is 5.69 Å². The van der Waals surface area contributed by atoms with Crippen molar-refractivity contribution in [2.75, 3.05) is 43.1 Å². The molecule has 0 unspecified atom stereocenters. The maximum Gasteiger partial charge on any atom is 0.334 e. The van der Waals surface area contributed by atoms with Gasteiger partial charge in [0.2, 0.25) is 11.9 Å². The molecule has 1 aliphatic rings. The van der Waals surface area contributed by atoms with Crippen LogP contribution < -0.4 is 25.8 Å². The standard InChI is InChI=1S/C21H20N8O3/c1-32-16-6-3-2-5-15(16)29-18(30)14-13-24-20(25-17(14)26-21(29)31)28-11-9-27(10-12-28)19-22-7-4-8-23-19/h2-8,13H,9-12H2,1H3,(H,24,25,26,31). The maximum atomic E-state index is 13.1. The molecule has 0 atom stereocenters. The third kappa shape index (κ3) is 3.43. The lowest BCUT2D eigenvalue weighted by Gasteiger charge is -2.34. The summed E-state index contributed by atoms with van der Waals surface area (Å²) in [5.74, 6) is 1.56. The van der Waals surface area contributed by atoms with Crippen LogP contribution in [-0.4, -0.2) is 62.8 Å². The highest BCUT2D eigenvalue weighted by atomic mass is 16.5. The Bertz CT molecular complexity index is 1380.